The van der Waals surface area contributed by atoms with E-state index in [9.17, 15) is 14.9 Å². The molecule has 0 N–H and O–H groups in total. The number of hydrogen-bond donors (Lipinski definition) is 0. The highest BCUT2D eigenvalue weighted by Gasteiger charge is 2.29. The molecule has 1 aromatic carbocycles. The topological polar surface area (TPSA) is 94.7 Å². The lowest BCUT2D eigenvalue weighted by atomic mass is 10.1. The van der Waals surface area contributed by atoms with Crippen LogP contribution in [0.1, 0.15) is 25.1 Å². The Balaban J connectivity index is 1.40. The van der Waals surface area contributed by atoms with Crippen molar-refractivity contribution in [2.24, 2.45) is 7.05 Å². The summed E-state index contributed by atoms with van der Waals surface area (Å²) in [5.74, 6) is 0.804. The van der Waals surface area contributed by atoms with Crippen LogP contribution in [0.3, 0.4) is 0 Å². The molecule has 0 bridgehead atoms. The summed E-state index contributed by atoms with van der Waals surface area (Å²) in [5.41, 5.74) is 4.27. The quantitative estimate of drug-likeness (QED) is 0.577. The number of nitrogens with zero attached hydrogens (tertiary/aromatic N) is 6. The van der Waals surface area contributed by atoms with Crippen LogP contribution in [0.4, 0.5) is 11.4 Å². The minimum Gasteiger partial charge on any atom is -0.489 e. The lowest BCUT2D eigenvalue weighted by Crippen LogP contribution is -2.52. The molecule has 1 atom stereocenters. The number of carbonyl (C=O) groups is 1. The molecule has 35 heavy (non-hydrogen) atoms. The lowest BCUT2D eigenvalue weighted by molar-refractivity contribution is -0.116. The number of rotatable bonds is 3. The van der Waals surface area contributed by atoms with Crippen molar-refractivity contribution in [3.63, 3.8) is 0 Å². The number of para-hydroxylation sites is 1. The molecule has 1 saturated heterocycles. The number of aromatic nitrogens is 2. The second kappa shape index (κ2) is 9.04. The molecule has 3 aromatic rings. The van der Waals surface area contributed by atoms with Crippen LogP contribution in [-0.2, 0) is 18.4 Å². The Labute approximate surface area is 203 Å². The standard InChI is InChI=1S/C26H28N6O3/c1-17-15-30(16-19-5-4-6-22-26(19)35-12-11-32(22)18(2)33)9-10-31(17)23-13-24(34)29(3)21-8-7-20(14-27)28-25(21)23/h4-8,13,17H,9-12,15-16H2,1-3H3/t17-/m0/s1. The van der Waals surface area contributed by atoms with E-state index in [-0.39, 0.29) is 17.5 Å². The van der Waals surface area contributed by atoms with Crippen LogP contribution in [0.5, 0.6) is 5.75 Å². The van der Waals surface area contributed by atoms with Gasteiger partial charge in [-0.25, -0.2) is 4.98 Å². The van der Waals surface area contributed by atoms with Gasteiger partial charge in [-0.3, -0.25) is 14.5 Å². The molecule has 2 aliphatic rings. The summed E-state index contributed by atoms with van der Waals surface area (Å²) in [6, 6.07) is 13.2. The van der Waals surface area contributed by atoms with Gasteiger partial charge < -0.3 is 19.1 Å². The van der Waals surface area contributed by atoms with Gasteiger partial charge in [-0.2, -0.15) is 5.26 Å². The molecule has 0 radical (unpaired) electrons. The number of nitriles is 1. The van der Waals surface area contributed by atoms with E-state index in [0.717, 1.165) is 42.3 Å². The normalized spacial score (nSPS) is 18.2. The summed E-state index contributed by atoms with van der Waals surface area (Å²) >= 11 is 0. The van der Waals surface area contributed by atoms with Crippen molar-refractivity contribution in [2.75, 3.05) is 42.6 Å². The Morgan fingerprint density at radius 2 is 2.03 bits per heavy atom. The molecule has 9 heteroatoms. The number of amides is 1. The van der Waals surface area contributed by atoms with E-state index in [1.165, 1.54) is 0 Å². The number of fused-ring (bicyclic) bond motifs is 2. The third-order valence-electron chi connectivity index (χ3n) is 6.91. The SMILES string of the molecule is CC(=O)N1CCOc2c(CN3CCN(c4cc(=O)n(C)c5ccc(C#N)nc45)[C@@H](C)C3)cccc21. The molecule has 5 rings (SSSR count). The molecule has 9 nitrogen and oxygen atoms in total. The van der Waals surface area contributed by atoms with Crippen LogP contribution in [0.25, 0.3) is 11.0 Å². The van der Waals surface area contributed by atoms with Crippen molar-refractivity contribution in [3.05, 3.63) is 58.0 Å². The Bertz CT molecular complexity index is 1410. The molecule has 2 aromatic heterocycles. The number of piperazine rings is 1. The summed E-state index contributed by atoms with van der Waals surface area (Å²) < 4.78 is 7.55. The predicted molar refractivity (Wildman–Crippen MR) is 134 cm³/mol. The van der Waals surface area contributed by atoms with Gasteiger partial charge in [0, 0.05) is 57.8 Å². The van der Waals surface area contributed by atoms with Crippen LogP contribution in [0, 0.1) is 11.3 Å². The maximum absolute atomic E-state index is 12.7. The molecule has 1 fully saturated rings. The molecule has 1 amide bonds. The molecule has 0 aliphatic carbocycles. The zero-order valence-corrected chi connectivity index (χ0v) is 20.2. The van der Waals surface area contributed by atoms with Crippen molar-refractivity contribution in [1.29, 1.82) is 5.26 Å². The summed E-state index contributed by atoms with van der Waals surface area (Å²) in [6.07, 6.45) is 0. The second-order valence-electron chi connectivity index (χ2n) is 9.16. The first-order valence-corrected chi connectivity index (χ1v) is 11.8. The van der Waals surface area contributed by atoms with Gasteiger partial charge in [0.1, 0.15) is 29.6 Å². The van der Waals surface area contributed by atoms with Gasteiger partial charge in [0.05, 0.1) is 23.4 Å². The largest absolute Gasteiger partial charge is 0.489 e. The summed E-state index contributed by atoms with van der Waals surface area (Å²) in [5, 5.41) is 9.35. The number of aryl methyl sites for hydroxylation is 1. The van der Waals surface area contributed by atoms with Crippen LogP contribution in [-0.4, -0.2) is 59.2 Å². The molecule has 180 valence electrons. The molecule has 0 saturated carbocycles. The van der Waals surface area contributed by atoms with Crippen LogP contribution >= 0.6 is 0 Å². The predicted octanol–water partition coefficient (Wildman–Crippen LogP) is 2.26. The van der Waals surface area contributed by atoms with E-state index in [1.807, 2.05) is 12.1 Å². The monoisotopic (exact) mass is 472 g/mol. The van der Waals surface area contributed by atoms with Gasteiger partial charge in [0.2, 0.25) is 5.91 Å². The summed E-state index contributed by atoms with van der Waals surface area (Å²) in [6.45, 7) is 7.77. The van der Waals surface area contributed by atoms with Gasteiger partial charge in [-0.05, 0) is 25.1 Å². The number of benzene rings is 1. The van der Waals surface area contributed by atoms with E-state index < -0.39 is 0 Å². The fourth-order valence-electron chi connectivity index (χ4n) is 5.13. The number of pyridine rings is 2. The second-order valence-corrected chi connectivity index (χ2v) is 9.16. The van der Waals surface area contributed by atoms with Crippen LogP contribution in [0.2, 0.25) is 0 Å². The first kappa shape index (κ1) is 22.9. The molecular weight excluding hydrogens is 444 g/mol. The number of ether oxygens (including phenoxy) is 1. The lowest BCUT2D eigenvalue weighted by Gasteiger charge is -2.42. The Morgan fingerprint density at radius 3 is 2.77 bits per heavy atom. The fourth-order valence-corrected chi connectivity index (χ4v) is 5.13. The average molecular weight is 473 g/mol. The minimum atomic E-state index is -0.100. The van der Waals surface area contributed by atoms with Gasteiger partial charge in [0.15, 0.2) is 0 Å². The van der Waals surface area contributed by atoms with E-state index in [1.54, 1.807) is 41.6 Å². The molecular formula is C26H28N6O3. The number of hydrogen-bond acceptors (Lipinski definition) is 7. The Morgan fingerprint density at radius 1 is 1.20 bits per heavy atom. The smallest absolute Gasteiger partial charge is 0.252 e. The van der Waals surface area contributed by atoms with Crippen molar-refractivity contribution in [3.8, 4) is 11.8 Å². The minimum absolute atomic E-state index is 0.0170. The van der Waals surface area contributed by atoms with E-state index in [4.69, 9.17) is 4.74 Å². The highest BCUT2D eigenvalue weighted by atomic mass is 16.5. The van der Waals surface area contributed by atoms with Crippen molar-refractivity contribution in [2.45, 2.75) is 26.4 Å². The molecule has 0 unspecified atom stereocenters. The third kappa shape index (κ3) is 4.10. The van der Waals surface area contributed by atoms with Crippen LogP contribution in [0.15, 0.2) is 41.2 Å². The first-order chi connectivity index (χ1) is 16.9. The van der Waals surface area contributed by atoms with E-state index in [2.05, 4.69) is 33.8 Å². The third-order valence-corrected chi connectivity index (χ3v) is 6.91. The van der Waals surface area contributed by atoms with Crippen molar-refractivity contribution < 1.29 is 9.53 Å². The molecule has 4 heterocycles. The average Bonchev–Trinajstić information content (AvgIpc) is 2.86. The summed E-state index contributed by atoms with van der Waals surface area (Å²) in [4.78, 5) is 35.6. The molecule has 2 aliphatic heterocycles. The maximum atomic E-state index is 12.7. The van der Waals surface area contributed by atoms with Crippen LogP contribution < -0.4 is 20.1 Å². The number of anilines is 2. The van der Waals surface area contributed by atoms with Gasteiger partial charge in [0.25, 0.3) is 5.56 Å². The first-order valence-electron chi connectivity index (χ1n) is 11.8. The maximum Gasteiger partial charge on any atom is 0.252 e. The number of carbonyl (C=O) groups excluding carboxylic acids is 1. The summed E-state index contributed by atoms with van der Waals surface area (Å²) in [7, 11) is 1.72. The Hall–Kier alpha value is -3.90. The highest BCUT2D eigenvalue weighted by Crippen LogP contribution is 2.36. The fraction of sp³-hybridized carbons (Fsp3) is 0.385. The van der Waals surface area contributed by atoms with Gasteiger partial charge in [-0.15, -0.1) is 0 Å². The zero-order valence-electron chi connectivity index (χ0n) is 20.2. The molecule has 0 spiro atoms. The van der Waals surface area contributed by atoms with Crippen molar-refractivity contribution >= 4 is 28.3 Å². The van der Waals surface area contributed by atoms with Gasteiger partial charge in [-0.1, -0.05) is 12.1 Å². The highest BCUT2D eigenvalue weighted by molar-refractivity contribution is 5.94. The zero-order chi connectivity index (χ0) is 24.7. The Kier molecular flexibility index (Phi) is 5.91. The van der Waals surface area contributed by atoms with Crippen molar-refractivity contribution in [1.82, 2.24) is 14.5 Å². The van der Waals surface area contributed by atoms with E-state index >= 15 is 0 Å². The van der Waals surface area contributed by atoms with Gasteiger partial charge >= 0.3 is 0 Å². The van der Waals surface area contributed by atoms with E-state index in [0.29, 0.717) is 36.4 Å².